The Labute approximate surface area is 179 Å². The van der Waals surface area contributed by atoms with Gasteiger partial charge in [-0.25, -0.2) is 9.37 Å². The SMILES string of the molecule is COc1cc2nc(C=Cc3ccccc3F)n(-c3ccc(C)cc3)c(=O)c2cc1OC. The molecule has 0 fully saturated rings. The van der Waals surface area contributed by atoms with Crippen LogP contribution in [0, 0.1) is 12.7 Å². The molecule has 0 aliphatic rings. The second-order valence-electron chi connectivity index (χ2n) is 7.03. The fraction of sp³-hybridized carbons (Fsp3) is 0.120. The molecule has 1 heterocycles. The summed E-state index contributed by atoms with van der Waals surface area (Å²) in [6, 6.07) is 17.3. The Hall–Kier alpha value is -3.93. The van der Waals surface area contributed by atoms with Gasteiger partial charge in [-0.3, -0.25) is 9.36 Å². The number of fused-ring (bicyclic) bond motifs is 1. The van der Waals surface area contributed by atoms with Gasteiger partial charge in [0.05, 0.1) is 30.8 Å². The predicted molar refractivity (Wildman–Crippen MR) is 121 cm³/mol. The van der Waals surface area contributed by atoms with Gasteiger partial charge < -0.3 is 9.47 Å². The molecule has 0 unspecified atom stereocenters. The molecule has 0 saturated carbocycles. The highest BCUT2D eigenvalue weighted by Crippen LogP contribution is 2.30. The summed E-state index contributed by atoms with van der Waals surface area (Å²) in [5, 5.41) is 0.390. The molecule has 5 nitrogen and oxygen atoms in total. The van der Waals surface area contributed by atoms with E-state index in [2.05, 4.69) is 4.98 Å². The van der Waals surface area contributed by atoms with Crippen molar-refractivity contribution in [1.29, 1.82) is 0 Å². The quantitative estimate of drug-likeness (QED) is 0.458. The Morgan fingerprint density at radius 3 is 2.29 bits per heavy atom. The Kier molecular flexibility index (Phi) is 5.54. The molecule has 3 aromatic carbocycles. The number of ether oxygens (including phenoxy) is 2. The molecule has 156 valence electrons. The third-order valence-electron chi connectivity index (χ3n) is 5.01. The van der Waals surface area contributed by atoms with Gasteiger partial charge in [-0.05, 0) is 43.3 Å². The summed E-state index contributed by atoms with van der Waals surface area (Å²) in [7, 11) is 3.04. The molecule has 0 atom stereocenters. The zero-order valence-electron chi connectivity index (χ0n) is 17.4. The van der Waals surface area contributed by atoms with E-state index in [-0.39, 0.29) is 11.4 Å². The molecule has 6 heteroatoms. The highest BCUT2D eigenvalue weighted by molar-refractivity contribution is 5.83. The van der Waals surface area contributed by atoms with E-state index < -0.39 is 0 Å². The largest absolute Gasteiger partial charge is 0.493 e. The second kappa shape index (κ2) is 8.44. The first-order valence-electron chi connectivity index (χ1n) is 9.70. The van der Waals surface area contributed by atoms with E-state index in [0.717, 1.165) is 5.56 Å². The fourth-order valence-electron chi connectivity index (χ4n) is 3.36. The summed E-state index contributed by atoms with van der Waals surface area (Å²) in [6.45, 7) is 1.97. The zero-order chi connectivity index (χ0) is 22.0. The Bertz CT molecular complexity index is 1340. The van der Waals surface area contributed by atoms with Crippen molar-refractivity contribution in [2.75, 3.05) is 14.2 Å². The maximum Gasteiger partial charge on any atom is 0.266 e. The molecule has 0 aliphatic carbocycles. The maximum absolute atomic E-state index is 14.1. The van der Waals surface area contributed by atoms with Crippen LogP contribution >= 0.6 is 0 Å². The number of hydrogen-bond acceptors (Lipinski definition) is 4. The number of halogens is 1. The third-order valence-corrected chi connectivity index (χ3v) is 5.01. The molecule has 4 rings (SSSR count). The van der Waals surface area contributed by atoms with Crippen LogP contribution in [-0.2, 0) is 0 Å². The Balaban J connectivity index is 1.99. The van der Waals surface area contributed by atoms with E-state index in [1.807, 2.05) is 31.2 Å². The average Bonchev–Trinajstić information content (AvgIpc) is 2.78. The van der Waals surface area contributed by atoms with E-state index in [0.29, 0.717) is 39.5 Å². The number of methoxy groups -OCH3 is 2. The first-order valence-corrected chi connectivity index (χ1v) is 9.70. The van der Waals surface area contributed by atoms with Crippen LogP contribution in [0.1, 0.15) is 17.0 Å². The number of nitrogens with zero attached hydrogens (tertiary/aromatic N) is 2. The van der Waals surface area contributed by atoms with Crippen molar-refractivity contribution in [1.82, 2.24) is 9.55 Å². The lowest BCUT2D eigenvalue weighted by Crippen LogP contribution is -2.22. The van der Waals surface area contributed by atoms with Crippen LogP contribution in [0.25, 0.3) is 28.7 Å². The summed E-state index contributed by atoms with van der Waals surface area (Å²) >= 11 is 0. The van der Waals surface area contributed by atoms with Crippen LogP contribution in [-0.4, -0.2) is 23.8 Å². The lowest BCUT2D eigenvalue weighted by molar-refractivity contribution is 0.355. The highest BCUT2D eigenvalue weighted by atomic mass is 19.1. The zero-order valence-corrected chi connectivity index (χ0v) is 17.4. The molecule has 0 spiro atoms. The summed E-state index contributed by atoms with van der Waals surface area (Å²) in [5.41, 5.74) is 2.33. The van der Waals surface area contributed by atoms with E-state index in [1.54, 1.807) is 42.5 Å². The van der Waals surface area contributed by atoms with Crippen molar-refractivity contribution >= 4 is 23.1 Å². The van der Waals surface area contributed by atoms with Crippen molar-refractivity contribution in [3.05, 3.63) is 93.8 Å². The minimum Gasteiger partial charge on any atom is -0.493 e. The van der Waals surface area contributed by atoms with Crippen LogP contribution in [0.4, 0.5) is 4.39 Å². The van der Waals surface area contributed by atoms with Crippen molar-refractivity contribution in [2.24, 2.45) is 0 Å². The average molecular weight is 416 g/mol. The van der Waals surface area contributed by atoms with Crippen molar-refractivity contribution < 1.29 is 13.9 Å². The Morgan fingerprint density at radius 2 is 1.61 bits per heavy atom. The van der Waals surface area contributed by atoms with Crippen molar-refractivity contribution in [3.63, 3.8) is 0 Å². The van der Waals surface area contributed by atoms with Crippen LogP contribution in [0.5, 0.6) is 11.5 Å². The fourth-order valence-corrected chi connectivity index (χ4v) is 3.36. The van der Waals surface area contributed by atoms with Gasteiger partial charge in [-0.2, -0.15) is 0 Å². The van der Waals surface area contributed by atoms with E-state index in [1.165, 1.54) is 24.9 Å². The van der Waals surface area contributed by atoms with Crippen molar-refractivity contribution in [3.8, 4) is 17.2 Å². The van der Waals surface area contributed by atoms with Crippen LogP contribution < -0.4 is 15.0 Å². The predicted octanol–water partition coefficient (Wildman–Crippen LogP) is 5.02. The normalized spacial score (nSPS) is 11.2. The lowest BCUT2D eigenvalue weighted by atomic mass is 10.1. The summed E-state index contributed by atoms with van der Waals surface area (Å²) in [5.74, 6) is 0.935. The van der Waals surface area contributed by atoms with Crippen LogP contribution in [0.2, 0.25) is 0 Å². The third kappa shape index (κ3) is 3.92. The number of aromatic nitrogens is 2. The summed E-state index contributed by atoms with van der Waals surface area (Å²) in [6.07, 6.45) is 3.24. The summed E-state index contributed by atoms with van der Waals surface area (Å²) in [4.78, 5) is 18.2. The molecule has 31 heavy (non-hydrogen) atoms. The van der Waals surface area contributed by atoms with Gasteiger partial charge >= 0.3 is 0 Å². The number of aryl methyl sites for hydroxylation is 1. The number of hydrogen-bond donors (Lipinski definition) is 0. The monoisotopic (exact) mass is 416 g/mol. The standard InChI is InChI=1S/C25H21FN2O3/c1-16-8-11-18(12-9-16)28-24(13-10-17-6-4-5-7-20(17)26)27-21-15-23(31-3)22(30-2)14-19(21)25(28)29/h4-15H,1-3H3. The first-order chi connectivity index (χ1) is 15.0. The second-order valence-corrected chi connectivity index (χ2v) is 7.03. The molecule has 0 N–H and O–H groups in total. The minimum absolute atomic E-state index is 0.261. The van der Waals surface area contributed by atoms with Gasteiger partial charge in [0.25, 0.3) is 5.56 Å². The Morgan fingerprint density at radius 1 is 0.935 bits per heavy atom. The number of benzene rings is 3. The lowest BCUT2D eigenvalue weighted by Gasteiger charge is -2.14. The molecule has 0 saturated heterocycles. The molecule has 0 amide bonds. The molecular formula is C25H21FN2O3. The van der Waals surface area contributed by atoms with Crippen LogP contribution in [0.3, 0.4) is 0 Å². The van der Waals surface area contributed by atoms with Gasteiger partial charge in [0.2, 0.25) is 0 Å². The molecule has 0 radical (unpaired) electrons. The smallest absolute Gasteiger partial charge is 0.266 e. The van der Waals surface area contributed by atoms with E-state index >= 15 is 0 Å². The number of rotatable bonds is 5. The van der Waals surface area contributed by atoms with Gasteiger partial charge in [0, 0.05) is 11.6 Å². The van der Waals surface area contributed by atoms with E-state index in [9.17, 15) is 9.18 Å². The van der Waals surface area contributed by atoms with Crippen LogP contribution in [0.15, 0.2) is 65.5 Å². The molecular weight excluding hydrogens is 395 g/mol. The molecule has 4 aromatic rings. The molecule has 0 bridgehead atoms. The minimum atomic E-state index is -0.352. The summed E-state index contributed by atoms with van der Waals surface area (Å²) < 4.78 is 26.3. The first kappa shape index (κ1) is 20.3. The topological polar surface area (TPSA) is 53.4 Å². The maximum atomic E-state index is 14.1. The molecule has 1 aromatic heterocycles. The van der Waals surface area contributed by atoms with Gasteiger partial charge in [0.1, 0.15) is 11.6 Å². The van der Waals surface area contributed by atoms with Gasteiger partial charge in [0.15, 0.2) is 11.5 Å². The van der Waals surface area contributed by atoms with Gasteiger partial charge in [-0.1, -0.05) is 35.9 Å². The highest BCUT2D eigenvalue weighted by Gasteiger charge is 2.15. The van der Waals surface area contributed by atoms with E-state index in [4.69, 9.17) is 9.47 Å². The molecule has 0 aliphatic heterocycles. The van der Waals surface area contributed by atoms with Gasteiger partial charge in [-0.15, -0.1) is 0 Å². The van der Waals surface area contributed by atoms with Crippen molar-refractivity contribution in [2.45, 2.75) is 6.92 Å².